The van der Waals surface area contributed by atoms with Crippen LogP contribution in [-0.2, 0) is 19.5 Å². The molecule has 0 unspecified atom stereocenters. The molecule has 0 atom stereocenters. The highest BCUT2D eigenvalue weighted by molar-refractivity contribution is 5.91. The van der Waals surface area contributed by atoms with E-state index in [9.17, 15) is 14.3 Å². The topological polar surface area (TPSA) is 63.5 Å². The molecule has 1 heterocycles. The average molecular weight is 425 g/mol. The number of carboxylic acid groups (broad SMARTS) is 1. The minimum absolute atomic E-state index is 0.284. The van der Waals surface area contributed by atoms with Gasteiger partial charge < -0.3 is 19.7 Å². The molecular formula is C25H29FN2O3. The number of carboxylic acids is 1. The Hall–Kier alpha value is -3.12. The number of nitrogens with one attached hydrogen (secondary N) is 1. The summed E-state index contributed by atoms with van der Waals surface area (Å²) in [5.41, 5.74) is 4.86. The first-order valence-electron chi connectivity index (χ1n) is 10.5. The first-order chi connectivity index (χ1) is 14.9. The van der Waals surface area contributed by atoms with Crippen molar-refractivity contribution in [3.05, 3.63) is 88.0 Å². The van der Waals surface area contributed by atoms with E-state index in [1.807, 2.05) is 49.6 Å². The molecule has 3 rings (SSSR count). The molecular weight excluding hydrogens is 395 g/mol. The van der Waals surface area contributed by atoms with Crippen molar-refractivity contribution in [1.82, 2.24) is 9.88 Å². The Labute approximate surface area is 182 Å². The van der Waals surface area contributed by atoms with E-state index in [0.29, 0.717) is 31.0 Å². The summed E-state index contributed by atoms with van der Waals surface area (Å²) in [7, 11) is 0. The van der Waals surface area contributed by atoms with Gasteiger partial charge in [-0.05, 0) is 69.1 Å². The van der Waals surface area contributed by atoms with Crippen molar-refractivity contribution < 1.29 is 19.0 Å². The molecule has 5 nitrogen and oxygen atoms in total. The zero-order valence-corrected chi connectivity index (χ0v) is 18.2. The van der Waals surface area contributed by atoms with Gasteiger partial charge in [-0.25, -0.2) is 9.18 Å². The average Bonchev–Trinajstić information content (AvgIpc) is 2.98. The van der Waals surface area contributed by atoms with Crippen molar-refractivity contribution in [2.45, 2.75) is 40.3 Å². The van der Waals surface area contributed by atoms with E-state index in [-0.39, 0.29) is 5.82 Å². The fourth-order valence-corrected chi connectivity index (χ4v) is 3.82. The van der Waals surface area contributed by atoms with Gasteiger partial charge in [-0.3, -0.25) is 0 Å². The van der Waals surface area contributed by atoms with E-state index in [2.05, 4.69) is 5.32 Å². The number of benzene rings is 2. The number of hydrogen-bond acceptors (Lipinski definition) is 3. The van der Waals surface area contributed by atoms with Crippen LogP contribution in [0.3, 0.4) is 0 Å². The predicted octanol–water partition coefficient (Wildman–Crippen LogP) is 4.72. The molecule has 0 bridgehead atoms. The van der Waals surface area contributed by atoms with Gasteiger partial charge in [0.05, 0.1) is 12.2 Å². The summed E-state index contributed by atoms with van der Waals surface area (Å²) in [5, 5.41) is 13.2. The molecule has 0 aliphatic heterocycles. The maximum absolute atomic E-state index is 13.2. The smallest absolute Gasteiger partial charge is 0.337 e. The number of carbonyl (C=O) groups is 1. The van der Waals surface area contributed by atoms with Crippen LogP contribution in [0.1, 0.15) is 45.4 Å². The van der Waals surface area contributed by atoms with Gasteiger partial charge in [0.1, 0.15) is 11.6 Å². The van der Waals surface area contributed by atoms with Gasteiger partial charge in [0.2, 0.25) is 0 Å². The molecule has 0 radical (unpaired) electrons. The molecule has 3 aromatic rings. The number of ether oxygens (including phenoxy) is 1. The number of nitrogens with zero attached hydrogens (tertiary/aromatic N) is 1. The van der Waals surface area contributed by atoms with Gasteiger partial charge in [-0.2, -0.15) is 0 Å². The summed E-state index contributed by atoms with van der Waals surface area (Å²) < 4.78 is 20.7. The molecule has 164 valence electrons. The quantitative estimate of drug-likeness (QED) is 0.462. The highest BCUT2D eigenvalue weighted by atomic mass is 19.1. The van der Waals surface area contributed by atoms with E-state index < -0.39 is 5.97 Å². The van der Waals surface area contributed by atoms with Crippen molar-refractivity contribution in [2.24, 2.45) is 0 Å². The van der Waals surface area contributed by atoms with Crippen molar-refractivity contribution in [3.63, 3.8) is 0 Å². The van der Waals surface area contributed by atoms with Gasteiger partial charge in [-0.1, -0.05) is 24.3 Å². The maximum Gasteiger partial charge on any atom is 0.337 e. The molecule has 0 saturated carbocycles. The number of aromatic carboxylic acids is 1. The molecule has 0 aliphatic rings. The summed E-state index contributed by atoms with van der Waals surface area (Å²) in [4.78, 5) is 11.9. The van der Waals surface area contributed by atoms with E-state index in [1.54, 1.807) is 12.1 Å². The number of aromatic nitrogens is 1. The summed E-state index contributed by atoms with van der Waals surface area (Å²) in [6.45, 7) is 8.07. The standard InChI is InChI=1S/C25H29FN2O3/c1-4-31-22-11-7-19(8-12-22)13-14-27-15-23-17(2)28(18(3)24(23)25(29)30)16-20-5-9-21(26)10-6-20/h5-12,27H,4,13-16H2,1-3H3,(H,29,30). The number of hydrogen-bond donors (Lipinski definition) is 2. The lowest BCUT2D eigenvalue weighted by molar-refractivity contribution is 0.0694. The molecule has 1 aromatic heterocycles. The molecule has 2 aromatic carbocycles. The van der Waals surface area contributed by atoms with Crippen LogP contribution in [0.2, 0.25) is 0 Å². The first-order valence-corrected chi connectivity index (χ1v) is 10.5. The molecule has 31 heavy (non-hydrogen) atoms. The normalized spacial score (nSPS) is 11.0. The molecule has 0 spiro atoms. The Balaban J connectivity index is 1.68. The predicted molar refractivity (Wildman–Crippen MR) is 119 cm³/mol. The second-order valence-electron chi connectivity index (χ2n) is 7.55. The van der Waals surface area contributed by atoms with E-state index in [4.69, 9.17) is 4.74 Å². The van der Waals surface area contributed by atoms with Crippen molar-refractivity contribution in [1.29, 1.82) is 0 Å². The minimum atomic E-state index is -0.929. The lowest BCUT2D eigenvalue weighted by atomic mass is 10.1. The third-order valence-corrected chi connectivity index (χ3v) is 5.50. The summed E-state index contributed by atoms with van der Waals surface area (Å²) in [6, 6.07) is 14.3. The number of rotatable bonds is 10. The SMILES string of the molecule is CCOc1ccc(CCNCc2c(C(=O)O)c(C)n(Cc3ccc(F)cc3)c2C)cc1. The highest BCUT2D eigenvalue weighted by Gasteiger charge is 2.22. The van der Waals surface area contributed by atoms with Gasteiger partial charge in [0.15, 0.2) is 0 Å². The van der Waals surface area contributed by atoms with E-state index in [0.717, 1.165) is 35.5 Å². The van der Waals surface area contributed by atoms with E-state index >= 15 is 0 Å². The molecule has 6 heteroatoms. The Bertz CT molecular complexity index is 1020. The summed E-state index contributed by atoms with van der Waals surface area (Å²) in [6.07, 6.45) is 0.836. The second-order valence-corrected chi connectivity index (χ2v) is 7.55. The fourth-order valence-electron chi connectivity index (χ4n) is 3.82. The van der Waals surface area contributed by atoms with Crippen LogP contribution in [0.5, 0.6) is 5.75 Å². The van der Waals surface area contributed by atoms with Crippen LogP contribution in [0.15, 0.2) is 48.5 Å². The maximum atomic E-state index is 13.2. The van der Waals surface area contributed by atoms with Crippen LogP contribution < -0.4 is 10.1 Å². The lowest BCUT2D eigenvalue weighted by Crippen LogP contribution is -2.18. The van der Waals surface area contributed by atoms with E-state index in [1.165, 1.54) is 17.7 Å². The van der Waals surface area contributed by atoms with Crippen molar-refractivity contribution >= 4 is 5.97 Å². The third-order valence-electron chi connectivity index (χ3n) is 5.50. The zero-order chi connectivity index (χ0) is 22.4. The Morgan fingerprint density at radius 1 is 1.03 bits per heavy atom. The van der Waals surface area contributed by atoms with Gasteiger partial charge in [-0.15, -0.1) is 0 Å². The van der Waals surface area contributed by atoms with Gasteiger partial charge in [0.25, 0.3) is 0 Å². The molecule has 0 saturated heterocycles. The van der Waals surface area contributed by atoms with Crippen molar-refractivity contribution in [2.75, 3.05) is 13.2 Å². The third kappa shape index (κ3) is 5.52. The van der Waals surface area contributed by atoms with Gasteiger partial charge >= 0.3 is 5.97 Å². The van der Waals surface area contributed by atoms with Crippen LogP contribution in [-0.4, -0.2) is 28.8 Å². The molecule has 0 fully saturated rings. The van der Waals surface area contributed by atoms with Crippen LogP contribution >= 0.6 is 0 Å². The highest BCUT2D eigenvalue weighted by Crippen LogP contribution is 2.24. The summed E-state index contributed by atoms with van der Waals surface area (Å²) >= 11 is 0. The van der Waals surface area contributed by atoms with Crippen LogP contribution in [0, 0.1) is 19.7 Å². The Morgan fingerprint density at radius 3 is 2.29 bits per heavy atom. The Morgan fingerprint density at radius 2 is 1.68 bits per heavy atom. The monoisotopic (exact) mass is 424 g/mol. The fraction of sp³-hybridized carbons (Fsp3) is 0.320. The minimum Gasteiger partial charge on any atom is -0.494 e. The Kier molecular flexibility index (Phi) is 7.47. The summed E-state index contributed by atoms with van der Waals surface area (Å²) in [5.74, 6) is -0.353. The van der Waals surface area contributed by atoms with Gasteiger partial charge in [0, 0.05) is 30.0 Å². The second kappa shape index (κ2) is 10.3. The van der Waals surface area contributed by atoms with Crippen LogP contribution in [0.25, 0.3) is 0 Å². The molecule has 0 amide bonds. The number of halogens is 1. The van der Waals surface area contributed by atoms with Crippen molar-refractivity contribution in [3.8, 4) is 5.75 Å². The van der Waals surface area contributed by atoms with Crippen LogP contribution in [0.4, 0.5) is 4.39 Å². The molecule has 0 aliphatic carbocycles. The lowest BCUT2D eigenvalue weighted by Gasteiger charge is -2.10. The first kappa shape index (κ1) is 22.6. The zero-order valence-electron chi connectivity index (χ0n) is 18.2. The molecule has 2 N–H and O–H groups in total. The largest absolute Gasteiger partial charge is 0.494 e.